The summed E-state index contributed by atoms with van der Waals surface area (Å²) in [5.74, 6) is 1.52. The van der Waals surface area contributed by atoms with Gasteiger partial charge in [-0.2, -0.15) is 0 Å². The Morgan fingerprint density at radius 2 is 1.77 bits per heavy atom. The topological polar surface area (TPSA) is 103 Å². The first kappa shape index (κ1) is 32.6. The quantitative estimate of drug-likeness (QED) is 0.127. The standard InChI is InChI=1S/C35H37ClN6O4S/c1-22-13-14-27-26(18-22)32-33(42(27)21-24-8-5-9-25(36)19-24)37-35(39-38-32)47-17-7-12-30(43)40-15-16-41(23(2)20-40)34(44)31-28(45-3)10-6-11-29(31)46-4/h5-6,8-11,13-14,18-19,23H,7,12,15-17,20-21H2,1-4H3. The fourth-order valence-electron chi connectivity index (χ4n) is 6.13. The van der Waals surface area contributed by atoms with Crippen LogP contribution in [0.5, 0.6) is 11.5 Å². The summed E-state index contributed by atoms with van der Waals surface area (Å²) in [5.41, 5.74) is 5.19. The van der Waals surface area contributed by atoms with Crippen molar-refractivity contribution in [3.63, 3.8) is 0 Å². The largest absolute Gasteiger partial charge is 0.496 e. The number of amides is 2. The monoisotopic (exact) mass is 672 g/mol. The van der Waals surface area contributed by atoms with Crippen molar-refractivity contribution in [1.29, 1.82) is 0 Å². The molecule has 0 N–H and O–H groups in total. The van der Waals surface area contributed by atoms with Crippen LogP contribution in [-0.2, 0) is 11.3 Å². The van der Waals surface area contributed by atoms with E-state index in [1.54, 1.807) is 23.1 Å². The van der Waals surface area contributed by atoms with Gasteiger partial charge in [0, 0.05) is 54.8 Å². The first-order chi connectivity index (χ1) is 22.8. The van der Waals surface area contributed by atoms with Crippen LogP contribution in [0.3, 0.4) is 0 Å². The lowest BCUT2D eigenvalue weighted by atomic mass is 10.1. The predicted molar refractivity (Wildman–Crippen MR) is 185 cm³/mol. The summed E-state index contributed by atoms with van der Waals surface area (Å²) >= 11 is 7.78. The lowest BCUT2D eigenvalue weighted by Crippen LogP contribution is -2.55. The summed E-state index contributed by atoms with van der Waals surface area (Å²) in [6, 6.07) is 19.3. The van der Waals surface area contributed by atoms with Gasteiger partial charge >= 0.3 is 0 Å². The molecule has 2 amide bonds. The van der Waals surface area contributed by atoms with Crippen LogP contribution in [-0.4, -0.2) is 87.0 Å². The van der Waals surface area contributed by atoms with E-state index in [4.69, 9.17) is 26.1 Å². The van der Waals surface area contributed by atoms with Crippen molar-refractivity contribution in [2.24, 2.45) is 0 Å². The molecule has 0 spiro atoms. The molecule has 5 aromatic rings. The van der Waals surface area contributed by atoms with Gasteiger partial charge in [-0.25, -0.2) is 4.98 Å². The van der Waals surface area contributed by atoms with Gasteiger partial charge in [0.2, 0.25) is 11.1 Å². The lowest BCUT2D eigenvalue weighted by molar-refractivity contribution is -0.133. The van der Waals surface area contributed by atoms with Gasteiger partial charge < -0.3 is 23.8 Å². The molecule has 244 valence electrons. The summed E-state index contributed by atoms with van der Waals surface area (Å²) in [6.07, 6.45) is 1.07. The smallest absolute Gasteiger partial charge is 0.261 e. The maximum atomic E-state index is 13.5. The van der Waals surface area contributed by atoms with E-state index in [0.717, 1.165) is 33.2 Å². The molecule has 12 heteroatoms. The molecular formula is C35H37ClN6O4S. The molecule has 0 aliphatic carbocycles. The number of hydrogen-bond donors (Lipinski definition) is 0. The number of benzene rings is 3. The zero-order valence-corrected chi connectivity index (χ0v) is 28.5. The number of thioether (sulfide) groups is 1. The van der Waals surface area contributed by atoms with Crippen molar-refractivity contribution in [3.8, 4) is 11.5 Å². The molecule has 1 atom stereocenters. The van der Waals surface area contributed by atoms with Crippen molar-refractivity contribution in [1.82, 2.24) is 29.5 Å². The summed E-state index contributed by atoms with van der Waals surface area (Å²) in [4.78, 5) is 35.2. The molecule has 3 aromatic carbocycles. The number of nitrogens with zero attached hydrogens (tertiary/aromatic N) is 6. The third-order valence-corrected chi connectivity index (χ3v) is 9.64. The van der Waals surface area contributed by atoms with Crippen LogP contribution >= 0.6 is 23.4 Å². The molecule has 6 rings (SSSR count). The predicted octanol–water partition coefficient (Wildman–Crippen LogP) is 6.25. The van der Waals surface area contributed by atoms with E-state index in [2.05, 4.69) is 46.0 Å². The van der Waals surface area contributed by atoms with E-state index in [0.29, 0.717) is 72.0 Å². The fraction of sp³-hybridized carbons (Fsp3) is 0.343. The van der Waals surface area contributed by atoms with Crippen molar-refractivity contribution >= 4 is 57.2 Å². The van der Waals surface area contributed by atoms with Gasteiger partial charge in [0.05, 0.1) is 19.7 Å². The molecule has 10 nitrogen and oxygen atoms in total. The average Bonchev–Trinajstić information content (AvgIpc) is 3.37. The van der Waals surface area contributed by atoms with Gasteiger partial charge in [0.15, 0.2) is 5.65 Å². The Bertz CT molecular complexity index is 1930. The van der Waals surface area contributed by atoms with E-state index in [-0.39, 0.29) is 17.9 Å². The van der Waals surface area contributed by atoms with Crippen LogP contribution in [0.1, 0.15) is 41.3 Å². The Hall–Kier alpha value is -4.35. The molecule has 1 aliphatic rings. The minimum Gasteiger partial charge on any atom is -0.496 e. The Morgan fingerprint density at radius 1 is 1.00 bits per heavy atom. The third kappa shape index (κ3) is 6.87. The van der Waals surface area contributed by atoms with Gasteiger partial charge in [0.1, 0.15) is 22.6 Å². The van der Waals surface area contributed by atoms with Crippen LogP contribution < -0.4 is 9.47 Å². The van der Waals surface area contributed by atoms with Crippen molar-refractivity contribution in [2.75, 3.05) is 39.6 Å². The third-order valence-electron chi connectivity index (χ3n) is 8.48. The van der Waals surface area contributed by atoms with Crippen LogP contribution in [0, 0.1) is 6.92 Å². The molecule has 0 bridgehead atoms. The molecule has 0 radical (unpaired) electrons. The molecule has 1 saturated heterocycles. The number of aryl methyl sites for hydroxylation is 1. The highest BCUT2D eigenvalue weighted by Gasteiger charge is 2.33. The normalized spacial score (nSPS) is 15.0. The van der Waals surface area contributed by atoms with Gasteiger partial charge in [-0.15, -0.1) is 10.2 Å². The highest BCUT2D eigenvalue weighted by Crippen LogP contribution is 2.32. The molecule has 47 heavy (non-hydrogen) atoms. The van der Waals surface area contributed by atoms with Crippen LogP contribution in [0.25, 0.3) is 22.1 Å². The van der Waals surface area contributed by atoms with Gasteiger partial charge in [0.25, 0.3) is 5.91 Å². The zero-order valence-electron chi connectivity index (χ0n) is 26.9. The number of halogens is 1. The van der Waals surface area contributed by atoms with Gasteiger partial charge in [-0.05, 0) is 62.2 Å². The number of aromatic nitrogens is 4. The van der Waals surface area contributed by atoms with Gasteiger partial charge in [-0.1, -0.05) is 53.2 Å². The number of rotatable bonds is 10. The highest BCUT2D eigenvalue weighted by atomic mass is 35.5. The second-order valence-corrected chi connectivity index (χ2v) is 13.2. The maximum absolute atomic E-state index is 13.5. The molecular weight excluding hydrogens is 636 g/mol. The summed E-state index contributed by atoms with van der Waals surface area (Å²) in [6.45, 7) is 6.00. The number of methoxy groups -OCH3 is 2. The number of piperazine rings is 1. The minimum atomic E-state index is -0.164. The number of hydrogen-bond acceptors (Lipinski definition) is 8. The number of ether oxygens (including phenoxy) is 2. The van der Waals surface area contributed by atoms with E-state index in [1.807, 2.05) is 30.0 Å². The van der Waals surface area contributed by atoms with Crippen LogP contribution in [0.2, 0.25) is 5.02 Å². The Kier molecular flexibility index (Phi) is 9.84. The SMILES string of the molecule is COc1cccc(OC)c1C(=O)N1CCN(C(=O)CCCSc2nnc3c4cc(C)ccc4n(Cc4cccc(Cl)c4)c3n2)CC1C. The van der Waals surface area contributed by atoms with E-state index in [9.17, 15) is 9.59 Å². The van der Waals surface area contributed by atoms with E-state index in [1.165, 1.54) is 26.0 Å². The zero-order chi connectivity index (χ0) is 33.1. The Morgan fingerprint density at radius 3 is 2.49 bits per heavy atom. The molecule has 1 fully saturated rings. The van der Waals surface area contributed by atoms with Crippen LogP contribution in [0.15, 0.2) is 65.8 Å². The average molecular weight is 673 g/mol. The molecule has 3 heterocycles. The number of carbonyl (C=O) groups is 2. The second kappa shape index (κ2) is 14.2. The molecule has 2 aromatic heterocycles. The highest BCUT2D eigenvalue weighted by molar-refractivity contribution is 7.99. The fourth-order valence-corrected chi connectivity index (χ4v) is 7.06. The second-order valence-electron chi connectivity index (χ2n) is 11.7. The Labute approximate surface area is 283 Å². The van der Waals surface area contributed by atoms with Crippen molar-refractivity contribution in [2.45, 2.75) is 44.4 Å². The van der Waals surface area contributed by atoms with Crippen molar-refractivity contribution < 1.29 is 19.1 Å². The number of carbonyl (C=O) groups excluding carboxylic acids is 2. The molecule has 1 aliphatic heterocycles. The lowest BCUT2D eigenvalue weighted by Gasteiger charge is -2.40. The molecule has 1 unspecified atom stereocenters. The number of fused-ring (bicyclic) bond motifs is 3. The van der Waals surface area contributed by atoms with Crippen LogP contribution in [0.4, 0.5) is 0 Å². The van der Waals surface area contributed by atoms with Gasteiger partial charge in [-0.3, -0.25) is 9.59 Å². The summed E-state index contributed by atoms with van der Waals surface area (Å²) in [5, 5.41) is 11.3. The maximum Gasteiger partial charge on any atom is 0.261 e. The first-order valence-corrected chi connectivity index (χ1v) is 16.9. The summed E-state index contributed by atoms with van der Waals surface area (Å²) < 4.78 is 13.0. The Balaban J connectivity index is 1.08. The van der Waals surface area contributed by atoms with E-state index < -0.39 is 0 Å². The summed E-state index contributed by atoms with van der Waals surface area (Å²) in [7, 11) is 3.07. The minimum absolute atomic E-state index is 0.0749. The van der Waals surface area contributed by atoms with Crippen molar-refractivity contribution in [3.05, 3.63) is 82.4 Å². The molecule has 0 saturated carbocycles. The van der Waals surface area contributed by atoms with E-state index >= 15 is 0 Å². The first-order valence-electron chi connectivity index (χ1n) is 15.6.